The van der Waals surface area contributed by atoms with E-state index < -0.39 is 5.60 Å². The number of nitrogens with one attached hydrogen (secondary N) is 1. The Balaban J connectivity index is 1.84. The molecule has 0 radical (unpaired) electrons. The van der Waals surface area contributed by atoms with Crippen molar-refractivity contribution in [2.24, 2.45) is 5.92 Å². The number of Topliss-reactive ketones (excluding diaryl/α,β-unsaturated/α-hetero) is 1. The van der Waals surface area contributed by atoms with Crippen molar-refractivity contribution in [1.29, 1.82) is 0 Å². The first-order chi connectivity index (χ1) is 12.9. The number of rotatable bonds is 4. The van der Waals surface area contributed by atoms with Gasteiger partial charge >= 0.3 is 0 Å². The summed E-state index contributed by atoms with van der Waals surface area (Å²) in [5.41, 5.74) is 5.10. The maximum Gasteiger partial charge on any atom is 0.165 e. The quantitative estimate of drug-likeness (QED) is 0.733. The molecule has 0 bridgehead atoms. The van der Waals surface area contributed by atoms with Crippen LogP contribution in [-0.2, 0) is 12.8 Å². The third-order valence-electron chi connectivity index (χ3n) is 5.53. The Morgan fingerprint density at radius 1 is 1.11 bits per heavy atom. The minimum atomic E-state index is -0.880. The number of benzene rings is 1. The second kappa shape index (κ2) is 6.78. The number of carbonyl (C=O) groups excluding carboxylic acids is 1. The SMILES string of the molecule is CC(C)(O)[C@H]1CC(=O)c2c([nH]c(-c3ccncc3)c2Cc2ccccc2)C1. The molecular weight excluding hydrogens is 336 g/mol. The molecule has 2 aromatic heterocycles. The Labute approximate surface area is 159 Å². The molecule has 0 unspecified atom stereocenters. The summed E-state index contributed by atoms with van der Waals surface area (Å²) in [6.07, 6.45) is 5.29. The first-order valence-corrected chi connectivity index (χ1v) is 9.37. The minimum Gasteiger partial charge on any atom is -0.390 e. The standard InChI is InChI=1S/C23H24N2O2/c1-23(2,27)17-13-19-21(20(26)14-17)18(12-15-6-4-3-5-7-15)22(25-19)16-8-10-24-11-9-16/h3-11,17,25,27H,12-14H2,1-2H3/t17-/m1/s1. The topological polar surface area (TPSA) is 66.0 Å². The van der Waals surface area contributed by atoms with Crippen LogP contribution in [0.5, 0.6) is 0 Å². The van der Waals surface area contributed by atoms with E-state index in [1.807, 2.05) is 30.3 Å². The van der Waals surface area contributed by atoms with Crippen molar-refractivity contribution in [2.75, 3.05) is 0 Å². The van der Waals surface area contributed by atoms with Crippen LogP contribution in [0.1, 0.15) is 47.4 Å². The number of hydrogen-bond acceptors (Lipinski definition) is 3. The molecule has 2 heterocycles. The molecule has 0 aliphatic heterocycles. The van der Waals surface area contributed by atoms with Gasteiger partial charge in [-0.2, -0.15) is 0 Å². The Morgan fingerprint density at radius 3 is 2.48 bits per heavy atom. The number of aliphatic hydroxyl groups is 1. The van der Waals surface area contributed by atoms with Crippen LogP contribution in [0.2, 0.25) is 0 Å². The van der Waals surface area contributed by atoms with Gasteiger partial charge in [0.05, 0.1) is 11.3 Å². The van der Waals surface area contributed by atoms with Crippen molar-refractivity contribution >= 4 is 5.78 Å². The molecule has 0 amide bonds. The fourth-order valence-electron chi connectivity index (χ4n) is 3.97. The molecule has 3 aromatic rings. The van der Waals surface area contributed by atoms with E-state index in [0.29, 0.717) is 19.3 Å². The normalized spacial score (nSPS) is 17.0. The van der Waals surface area contributed by atoms with Gasteiger partial charge in [-0.15, -0.1) is 0 Å². The Bertz CT molecular complexity index is 953. The predicted molar refractivity (Wildman–Crippen MR) is 106 cm³/mol. The molecule has 2 N–H and O–H groups in total. The van der Waals surface area contributed by atoms with E-state index >= 15 is 0 Å². The Kier molecular flexibility index (Phi) is 4.44. The van der Waals surface area contributed by atoms with Gasteiger partial charge in [-0.25, -0.2) is 0 Å². The number of hydrogen-bond donors (Lipinski definition) is 2. The number of aromatic nitrogens is 2. The second-order valence-corrected chi connectivity index (χ2v) is 7.91. The van der Waals surface area contributed by atoms with Crippen molar-refractivity contribution < 1.29 is 9.90 Å². The van der Waals surface area contributed by atoms with Crippen LogP contribution in [0.15, 0.2) is 54.9 Å². The summed E-state index contributed by atoms with van der Waals surface area (Å²) >= 11 is 0. The van der Waals surface area contributed by atoms with Gasteiger partial charge < -0.3 is 10.1 Å². The molecule has 1 aromatic carbocycles. The average molecular weight is 360 g/mol. The van der Waals surface area contributed by atoms with Crippen LogP contribution >= 0.6 is 0 Å². The summed E-state index contributed by atoms with van der Waals surface area (Å²) < 4.78 is 0. The van der Waals surface area contributed by atoms with Crippen LogP contribution in [-0.4, -0.2) is 26.5 Å². The largest absolute Gasteiger partial charge is 0.390 e. The number of ketones is 1. The monoisotopic (exact) mass is 360 g/mol. The van der Waals surface area contributed by atoms with E-state index in [0.717, 1.165) is 28.1 Å². The number of nitrogens with zero attached hydrogens (tertiary/aromatic N) is 1. The number of aromatic amines is 1. The molecule has 0 saturated heterocycles. The molecule has 0 saturated carbocycles. The highest BCUT2D eigenvalue weighted by Gasteiger charge is 2.37. The molecule has 0 fully saturated rings. The van der Waals surface area contributed by atoms with Gasteiger partial charge in [-0.1, -0.05) is 30.3 Å². The maximum absolute atomic E-state index is 13.1. The van der Waals surface area contributed by atoms with Crippen molar-refractivity contribution in [3.63, 3.8) is 0 Å². The molecule has 0 spiro atoms. The zero-order chi connectivity index (χ0) is 19.0. The minimum absolute atomic E-state index is 0.0778. The molecule has 1 aliphatic carbocycles. The maximum atomic E-state index is 13.1. The Hall–Kier alpha value is -2.72. The third kappa shape index (κ3) is 3.45. The van der Waals surface area contributed by atoms with Crippen molar-refractivity contribution in [3.8, 4) is 11.3 Å². The highest BCUT2D eigenvalue weighted by atomic mass is 16.3. The zero-order valence-corrected chi connectivity index (χ0v) is 15.7. The smallest absolute Gasteiger partial charge is 0.165 e. The summed E-state index contributed by atoms with van der Waals surface area (Å²) in [5, 5.41) is 10.4. The van der Waals surface area contributed by atoms with E-state index in [9.17, 15) is 9.90 Å². The van der Waals surface area contributed by atoms with E-state index in [-0.39, 0.29) is 11.7 Å². The first kappa shape index (κ1) is 17.7. The van der Waals surface area contributed by atoms with Crippen LogP contribution < -0.4 is 0 Å². The summed E-state index contributed by atoms with van der Waals surface area (Å²) in [6, 6.07) is 14.1. The van der Waals surface area contributed by atoms with E-state index in [4.69, 9.17) is 0 Å². The van der Waals surface area contributed by atoms with Crippen LogP contribution in [0.25, 0.3) is 11.3 Å². The highest BCUT2D eigenvalue weighted by molar-refractivity contribution is 6.02. The molecule has 4 rings (SSSR count). The summed E-state index contributed by atoms with van der Waals surface area (Å²) in [6.45, 7) is 3.57. The van der Waals surface area contributed by atoms with Gasteiger partial charge in [0.1, 0.15) is 0 Å². The van der Waals surface area contributed by atoms with E-state index in [1.54, 1.807) is 26.2 Å². The fourth-order valence-corrected chi connectivity index (χ4v) is 3.97. The lowest BCUT2D eigenvalue weighted by molar-refractivity contribution is 0.0114. The van der Waals surface area contributed by atoms with Gasteiger partial charge in [-0.3, -0.25) is 9.78 Å². The van der Waals surface area contributed by atoms with Gasteiger partial charge in [0.25, 0.3) is 0 Å². The third-order valence-corrected chi connectivity index (χ3v) is 5.53. The van der Waals surface area contributed by atoms with Crippen molar-refractivity contribution in [2.45, 2.75) is 38.7 Å². The van der Waals surface area contributed by atoms with Gasteiger partial charge in [0.15, 0.2) is 5.78 Å². The predicted octanol–water partition coefficient (Wildman–Crippen LogP) is 4.18. The summed E-state index contributed by atoms with van der Waals surface area (Å²) in [4.78, 5) is 20.7. The average Bonchev–Trinajstić information content (AvgIpc) is 3.01. The second-order valence-electron chi connectivity index (χ2n) is 7.91. The molecule has 1 aliphatic rings. The highest BCUT2D eigenvalue weighted by Crippen LogP contribution is 2.38. The van der Waals surface area contributed by atoms with Gasteiger partial charge in [-0.05, 0) is 49.4 Å². The molecule has 4 heteroatoms. The van der Waals surface area contributed by atoms with Crippen LogP contribution in [0, 0.1) is 5.92 Å². The van der Waals surface area contributed by atoms with E-state index in [1.165, 1.54) is 5.56 Å². The van der Waals surface area contributed by atoms with Gasteiger partial charge in [0.2, 0.25) is 0 Å². The molecule has 27 heavy (non-hydrogen) atoms. The number of H-pyrrole nitrogens is 1. The summed E-state index contributed by atoms with van der Waals surface area (Å²) in [5.74, 6) is 0.0388. The van der Waals surface area contributed by atoms with Crippen molar-refractivity contribution in [3.05, 3.63) is 77.2 Å². The summed E-state index contributed by atoms with van der Waals surface area (Å²) in [7, 11) is 0. The van der Waals surface area contributed by atoms with Crippen LogP contribution in [0.4, 0.5) is 0 Å². The molecule has 138 valence electrons. The fraction of sp³-hybridized carbons (Fsp3) is 0.304. The molecule has 4 nitrogen and oxygen atoms in total. The lowest BCUT2D eigenvalue weighted by Crippen LogP contribution is -2.37. The number of carbonyl (C=O) groups is 1. The number of fused-ring (bicyclic) bond motifs is 1. The van der Waals surface area contributed by atoms with Gasteiger partial charge in [0, 0.05) is 42.1 Å². The molecular formula is C23H24N2O2. The van der Waals surface area contributed by atoms with Crippen LogP contribution in [0.3, 0.4) is 0 Å². The van der Waals surface area contributed by atoms with E-state index in [2.05, 4.69) is 22.1 Å². The van der Waals surface area contributed by atoms with Crippen molar-refractivity contribution in [1.82, 2.24) is 9.97 Å². The first-order valence-electron chi connectivity index (χ1n) is 9.37. The Morgan fingerprint density at radius 2 is 1.81 bits per heavy atom. The molecule has 1 atom stereocenters. The zero-order valence-electron chi connectivity index (χ0n) is 15.7. The number of pyridine rings is 1. The lowest BCUT2D eigenvalue weighted by atomic mass is 9.76. The lowest BCUT2D eigenvalue weighted by Gasteiger charge is -2.31.